The fraction of sp³-hybridized carbons (Fsp3) is 0.385. The normalized spacial score (nSPS) is 9.50. The van der Waals surface area contributed by atoms with E-state index < -0.39 is 6.09 Å². The van der Waals surface area contributed by atoms with Gasteiger partial charge in [-0.15, -0.1) is 0 Å². The fourth-order valence-electron chi connectivity index (χ4n) is 1.52. The molecule has 0 saturated carbocycles. The van der Waals surface area contributed by atoms with Crippen molar-refractivity contribution in [2.75, 3.05) is 13.2 Å². The molecule has 1 amide bonds. The Kier molecular flexibility index (Phi) is 6.12. The summed E-state index contributed by atoms with van der Waals surface area (Å²) in [6.45, 7) is 0.541. The Labute approximate surface area is 106 Å². The van der Waals surface area contributed by atoms with E-state index in [2.05, 4.69) is 5.32 Å². The molecule has 0 aliphatic heterocycles. The molecule has 0 aliphatic rings. The predicted molar refractivity (Wildman–Crippen MR) is 66.5 cm³/mol. The number of amides is 1. The molecule has 0 atom stereocenters. The van der Waals surface area contributed by atoms with Crippen LogP contribution in [0, 0.1) is 11.3 Å². The van der Waals surface area contributed by atoms with Gasteiger partial charge in [-0.05, 0) is 37.0 Å². The average Bonchev–Trinajstić information content (AvgIpc) is 2.37. The van der Waals surface area contributed by atoms with Crippen LogP contribution in [-0.4, -0.2) is 24.4 Å². The average molecular weight is 248 g/mol. The number of carbonyl (C=O) groups is 1. The molecule has 0 fully saturated rings. The lowest BCUT2D eigenvalue weighted by atomic mass is 10.1. The van der Waals surface area contributed by atoms with Crippen molar-refractivity contribution in [2.45, 2.75) is 19.3 Å². The lowest BCUT2D eigenvalue weighted by Gasteiger charge is -2.04. The first-order chi connectivity index (χ1) is 8.72. The number of benzene rings is 1. The highest BCUT2D eigenvalue weighted by Gasteiger charge is 1.97. The predicted octanol–water partition coefficient (Wildman–Crippen LogP) is 2.18. The first-order valence-electron chi connectivity index (χ1n) is 5.78. The number of nitrogens with one attached hydrogen (secondary N) is 1. The zero-order valence-electron chi connectivity index (χ0n) is 10.1. The Balaban J connectivity index is 2.22. The second-order valence-electron chi connectivity index (χ2n) is 3.78. The number of nitrogens with zero attached hydrogens (tertiary/aromatic N) is 1. The number of hydrogen-bond acceptors (Lipinski definition) is 3. The van der Waals surface area contributed by atoms with Crippen LogP contribution >= 0.6 is 0 Å². The second kappa shape index (κ2) is 7.96. The molecule has 1 aromatic carbocycles. The molecular formula is C13H16N2O3. The molecule has 0 unspecified atom stereocenters. The summed E-state index contributed by atoms with van der Waals surface area (Å²) in [4.78, 5) is 10.2. The fourth-order valence-corrected chi connectivity index (χ4v) is 1.52. The molecule has 0 aromatic heterocycles. The Bertz CT molecular complexity index is 409. The van der Waals surface area contributed by atoms with E-state index in [4.69, 9.17) is 15.1 Å². The van der Waals surface area contributed by atoms with Gasteiger partial charge < -0.3 is 15.2 Å². The van der Waals surface area contributed by atoms with Gasteiger partial charge in [0.2, 0.25) is 0 Å². The first-order valence-corrected chi connectivity index (χ1v) is 5.78. The van der Waals surface area contributed by atoms with E-state index in [1.54, 1.807) is 0 Å². The zero-order chi connectivity index (χ0) is 13.2. The van der Waals surface area contributed by atoms with Crippen molar-refractivity contribution in [3.8, 4) is 11.8 Å². The molecule has 0 saturated heterocycles. The highest BCUT2D eigenvalue weighted by molar-refractivity contribution is 5.64. The molecule has 0 heterocycles. The third-order valence-corrected chi connectivity index (χ3v) is 2.40. The minimum atomic E-state index is -0.978. The van der Waals surface area contributed by atoms with E-state index in [-0.39, 0.29) is 6.61 Å². The Morgan fingerprint density at radius 1 is 1.33 bits per heavy atom. The van der Waals surface area contributed by atoms with Crippen LogP contribution in [0.2, 0.25) is 0 Å². The van der Waals surface area contributed by atoms with Crippen molar-refractivity contribution >= 4 is 6.09 Å². The van der Waals surface area contributed by atoms with E-state index in [1.165, 1.54) is 5.56 Å². The molecule has 1 rings (SSSR count). The molecule has 0 aliphatic carbocycles. The molecule has 0 spiro atoms. The highest BCUT2D eigenvalue weighted by Crippen LogP contribution is 2.13. The summed E-state index contributed by atoms with van der Waals surface area (Å²) < 4.78 is 5.14. The van der Waals surface area contributed by atoms with Gasteiger partial charge in [0, 0.05) is 6.54 Å². The van der Waals surface area contributed by atoms with Crippen molar-refractivity contribution in [1.29, 1.82) is 5.26 Å². The van der Waals surface area contributed by atoms with Gasteiger partial charge in [0.25, 0.3) is 0 Å². The third kappa shape index (κ3) is 5.75. The summed E-state index contributed by atoms with van der Waals surface area (Å²) >= 11 is 0. The minimum absolute atomic E-state index is 0.0558. The molecule has 5 heteroatoms. The SMILES string of the molecule is N#CCOc1ccc(CCCCNC(=O)O)cc1. The Morgan fingerprint density at radius 2 is 2.06 bits per heavy atom. The van der Waals surface area contributed by atoms with E-state index in [0.29, 0.717) is 12.3 Å². The molecule has 5 nitrogen and oxygen atoms in total. The van der Waals surface area contributed by atoms with Gasteiger partial charge in [0.05, 0.1) is 0 Å². The summed E-state index contributed by atoms with van der Waals surface area (Å²) in [5, 5.41) is 19.1. The standard InChI is InChI=1S/C13H16N2O3/c14-8-10-18-12-6-4-11(5-7-12)3-1-2-9-15-13(16)17/h4-7,15H,1-3,9-10H2,(H,16,17). The van der Waals surface area contributed by atoms with Gasteiger partial charge in [-0.25, -0.2) is 4.79 Å². The zero-order valence-corrected chi connectivity index (χ0v) is 10.1. The van der Waals surface area contributed by atoms with Crippen LogP contribution in [0.1, 0.15) is 18.4 Å². The van der Waals surface area contributed by atoms with Crippen molar-refractivity contribution in [3.05, 3.63) is 29.8 Å². The quantitative estimate of drug-likeness (QED) is 0.724. The second-order valence-corrected chi connectivity index (χ2v) is 3.78. The maximum atomic E-state index is 10.2. The Morgan fingerprint density at radius 3 is 2.67 bits per heavy atom. The topological polar surface area (TPSA) is 82.3 Å². The van der Waals surface area contributed by atoms with Crippen LogP contribution in [0.4, 0.5) is 4.79 Å². The lowest BCUT2D eigenvalue weighted by molar-refractivity contribution is 0.194. The Hall–Kier alpha value is -2.22. The molecule has 2 N–H and O–H groups in total. The van der Waals surface area contributed by atoms with E-state index in [9.17, 15) is 4.79 Å². The van der Waals surface area contributed by atoms with Crippen LogP contribution < -0.4 is 10.1 Å². The highest BCUT2D eigenvalue weighted by atomic mass is 16.5. The van der Waals surface area contributed by atoms with E-state index in [0.717, 1.165) is 19.3 Å². The maximum absolute atomic E-state index is 10.2. The van der Waals surface area contributed by atoms with Gasteiger partial charge in [-0.1, -0.05) is 12.1 Å². The lowest BCUT2D eigenvalue weighted by Crippen LogP contribution is -2.21. The van der Waals surface area contributed by atoms with Gasteiger partial charge >= 0.3 is 6.09 Å². The van der Waals surface area contributed by atoms with Crippen molar-refractivity contribution < 1.29 is 14.6 Å². The number of nitriles is 1. The van der Waals surface area contributed by atoms with Gasteiger partial charge in [-0.3, -0.25) is 0 Å². The number of hydrogen-bond donors (Lipinski definition) is 2. The van der Waals surface area contributed by atoms with Crippen molar-refractivity contribution in [1.82, 2.24) is 5.32 Å². The van der Waals surface area contributed by atoms with Crippen molar-refractivity contribution in [3.63, 3.8) is 0 Å². The summed E-state index contributed by atoms with van der Waals surface area (Å²) in [5.41, 5.74) is 1.18. The number of ether oxygens (including phenoxy) is 1. The molecular weight excluding hydrogens is 232 g/mol. The minimum Gasteiger partial charge on any atom is -0.479 e. The van der Waals surface area contributed by atoms with Gasteiger partial charge in [-0.2, -0.15) is 5.26 Å². The summed E-state index contributed by atoms with van der Waals surface area (Å²) in [6, 6.07) is 9.49. The van der Waals surface area contributed by atoms with E-state index >= 15 is 0 Å². The number of carboxylic acid groups (broad SMARTS) is 1. The molecule has 1 aromatic rings. The smallest absolute Gasteiger partial charge is 0.404 e. The van der Waals surface area contributed by atoms with Gasteiger partial charge in [0.15, 0.2) is 6.61 Å². The van der Waals surface area contributed by atoms with Crippen LogP contribution in [0.5, 0.6) is 5.75 Å². The molecule has 96 valence electrons. The monoisotopic (exact) mass is 248 g/mol. The molecule has 0 radical (unpaired) electrons. The van der Waals surface area contributed by atoms with Crippen LogP contribution in [0.15, 0.2) is 24.3 Å². The summed E-state index contributed by atoms with van der Waals surface area (Å²) in [5.74, 6) is 0.688. The molecule has 18 heavy (non-hydrogen) atoms. The number of unbranched alkanes of at least 4 members (excludes halogenated alkanes) is 1. The summed E-state index contributed by atoms with van der Waals surface area (Å²) in [7, 11) is 0. The molecule has 0 bridgehead atoms. The summed E-state index contributed by atoms with van der Waals surface area (Å²) in [6.07, 6.45) is 1.67. The maximum Gasteiger partial charge on any atom is 0.404 e. The number of aryl methyl sites for hydroxylation is 1. The third-order valence-electron chi connectivity index (χ3n) is 2.40. The van der Waals surface area contributed by atoms with E-state index in [1.807, 2.05) is 30.3 Å². The van der Waals surface area contributed by atoms with Crippen LogP contribution in [0.3, 0.4) is 0 Å². The van der Waals surface area contributed by atoms with Crippen LogP contribution in [0.25, 0.3) is 0 Å². The largest absolute Gasteiger partial charge is 0.479 e. The van der Waals surface area contributed by atoms with Gasteiger partial charge in [0.1, 0.15) is 11.8 Å². The number of rotatable bonds is 7. The van der Waals surface area contributed by atoms with Crippen molar-refractivity contribution in [2.24, 2.45) is 0 Å². The van der Waals surface area contributed by atoms with Crippen LogP contribution in [-0.2, 0) is 6.42 Å². The first kappa shape index (κ1) is 13.8.